The van der Waals surface area contributed by atoms with Gasteiger partial charge in [0.15, 0.2) is 0 Å². The monoisotopic (exact) mass is 1580 g/mol. The molecular weight excluding hydrogens is 1460 g/mol. The number of aliphatic hydroxyl groups is 2. The van der Waals surface area contributed by atoms with Crippen molar-refractivity contribution in [1.82, 2.24) is 0 Å². The molecule has 3 heterocycles. The van der Waals surface area contributed by atoms with E-state index in [0.717, 1.165) is 93.6 Å². The van der Waals surface area contributed by atoms with Crippen LogP contribution in [-0.4, -0.2) is 83.8 Å². The molecule has 0 atom stereocenters. The summed E-state index contributed by atoms with van der Waals surface area (Å²) in [6.45, 7) is 35.9. The zero-order valence-corrected chi connectivity index (χ0v) is 64.5. The first-order valence-electron chi connectivity index (χ1n) is 32.7. The molecule has 7 aromatic carbocycles. The molecule has 0 bridgehead atoms. The Morgan fingerprint density at radius 2 is 0.971 bits per heavy atom. The van der Waals surface area contributed by atoms with Gasteiger partial charge in [0.25, 0.3) is 0 Å². The van der Waals surface area contributed by atoms with Gasteiger partial charge in [-0.05, 0) is 184 Å². The molecule has 0 unspecified atom stereocenters. The number of rotatable bonds is 10. The number of carbonyl (C=O) groups excluding carboxylic acids is 5. The van der Waals surface area contributed by atoms with E-state index in [1.807, 2.05) is 77.1 Å². The number of fused-ring (bicyclic) bond motifs is 3. The number of aliphatic hydroxyl groups excluding tert-OH is 2. The number of nitrogens with two attached hydrogens (primary N) is 1. The summed E-state index contributed by atoms with van der Waals surface area (Å²) >= 11 is 17.2. The van der Waals surface area contributed by atoms with Gasteiger partial charge in [-0.3, -0.25) is 24.0 Å². The van der Waals surface area contributed by atoms with Crippen LogP contribution in [0.2, 0.25) is 0 Å². The van der Waals surface area contributed by atoms with Gasteiger partial charge in [-0.2, -0.15) is 0 Å². The van der Waals surface area contributed by atoms with Crippen molar-refractivity contribution in [3.63, 3.8) is 0 Å². The van der Waals surface area contributed by atoms with Crippen molar-refractivity contribution in [3.8, 4) is 0 Å². The van der Waals surface area contributed by atoms with E-state index in [1.165, 1.54) is 42.8 Å². The predicted molar refractivity (Wildman–Crippen MR) is 436 cm³/mol. The van der Waals surface area contributed by atoms with Gasteiger partial charge in [0.2, 0.25) is 28.9 Å². The molecule has 9 N–H and O–H groups in total. The van der Waals surface area contributed by atoms with Gasteiger partial charge in [0, 0.05) is 103 Å². The zero-order valence-electron chi connectivity index (χ0n) is 60.1. The summed E-state index contributed by atoms with van der Waals surface area (Å²) < 4.78 is 17.6. The highest BCUT2D eigenvalue weighted by Crippen LogP contribution is 2.36. The molecule has 10 rings (SSSR count). The fourth-order valence-electron chi connectivity index (χ4n) is 10.4. The van der Waals surface area contributed by atoms with Gasteiger partial charge in [-0.25, -0.2) is 0 Å². The van der Waals surface area contributed by atoms with Crippen LogP contribution in [0.15, 0.2) is 115 Å². The summed E-state index contributed by atoms with van der Waals surface area (Å²) in [7, 11) is 0. The fraction of sp³-hybridized carbons (Fsp3) is 0.420. The van der Waals surface area contributed by atoms with Gasteiger partial charge in [-0.15, -0.1) is 23.2 Å². The lowest BCUT2D eigenvalue weighted by atomic mass is 9.92. The zero-order chi connectivity index (χ0) is 73.7. The van der Waals surface area contributed by atoms with Crippen molar-refractivity contribution >= 4 is 132 Å². The third-order valence-corrected chi connectivity index (χ3v) is 16.4. The van der Waals surface area contributed by atoms with Crippen molar-refractivity contribution in [2.24, 2.45) is 10.8 Å². The van der Waals surface area contributed by atoms with Crippen molar-refractivity contribution < 1.29 is 48.4 Å². The number of ether oxygens (including phenoxy) is 3. The first-order chi connectivity index (χ1) is 46.6. The summed E-state index contributed by atoms with van der Waals surface area (Å²) in [5.41, 5.74) is 28.4. The number of anilines is 8. The Bertz CT molecular complexity index is 3810. The van der Waals surface area contributed by atoms with E-state index in [4.69, 9.17) is 65.0 Å². The van der Waals surface area contributed by atoms with Crippen LogP contribution in [0, 0.1) is 76.7 Å². The lowest BCUT2D eigenvalue weighted by Gasteiger charge is -2.27. The molecule has 3 aliphatic rings. The first kappa shape index (κ1) is 92.9. The van der Waals surface area contributed by atoms with Crippen LogP contribution in [-0.2, 0) is 71.2 Å². The Morgan fingerprint density at radius 3 is 1.47 bits per heavy atom. The lowest BCUT2D eigenvalue weighted by molar-refractivity contribution is -0.120. The second-order valence-corrected chi connectivity index (χ2v) is 29.2. The molecule has 0 spiro atoms. The number of halogens is 4. The average molecular weight is 1580 g/mol. The molecule has 0 saturated heterocycles. The van der Waals surface area contributed by atoms with E-state index >= 15 is 0 Å². The minimum atomic E-state index is -0.508. The third kappa shape index (κ3) is 33.6. The highest BCUT2D eigenvalue weighted by atomic mass is 127. The topological polar surface area (TPSA) is 243 Å². The Kier molecular flexibility index (Phi) is 41.8. The van der Waals surface area contributed by atoms with E-state index in [1.54, 1.807) is 12.1 Å². The number of nitrogens with one attached hydrogen (secondary N) is 5. The maximum absolute atomic E-state index is 12.4. The number of hydrogen-bond acceptors (Lipinski definition) is 13. The van der Waals surface area contributed by atoms with Crippen LogP contribution in [0.3, 0.4) is 0 Å². The number of nitrogens with zero attached hydrogens (tertiary/aromatic N) is 1. The van der Waals surface area contributed by atoms with Crippen LogP contribution in [0.1, 0.15) is 155 Å². The number of carbonyl (C=O) groups is 5. The molecule has 4 amide bonds. The molecular formula is C81H113Cl3IN7O10. The third-order valence-electron chi connectivity index (χ3n) is 15.0. The molecule has 102 heavy (non-hydrogen) atoms. The number of aryl methyl sites for hydroxylation is 9. The van der Waals surface area contributed by atoms with E-state index in [9.17, 15) is 24.0 Å². The largest absolute Gasteiger partial charge is 0.398 e. The molecule has 0 aromatic heterocycles. The summed E-state index contributed by atoms with van der Waals surface area (Å²) in [5.74, 6) is -0.381. The second-order valence-electron chi connectivity index (χ2n) is 27.0. The Morgan fingerprint density at radius 1 is 0.539 bits per heavy atom. The van der Waals surface area contributed by atoms with Crippen LogP contribution in [0.25, 0.3) is 0 Å². The number of hydrogen-bond donors (Lipinski definition) is 8. The summed E-state index contributed by atoms with van der Waals surface area (Å²) in [4.78, 5) is 58.2. The van der Waals surface area contributed by atoms with E-state index in [0.29, 0.717) is 49.6 Å². The molecule has 3 aliphatic heterocycles. The maximum Gasteiger partial charge on any atom is 0.250 e. The highest BCUT2D eigenvalue weighted by Gasteiger charge is 2.22. The molecule has 0 saturated carbocycles. The second kappa shape index (κ2) is 45.9. The van der Waals surface area contributed by atoms with Gasteiger partial charge < -0.3 is 61.6 Å². The fourth-order valence-corrected chi connectivity index (χ4v) is 11.4. The van der Waals surface area contributed by atoms with Crippen LogP contribution < -0.4 is 37.2 Å². The first-order valence-corrected chi connectivity index (χ1v) is 35.2. The summed E-state index contributed by atoms with van der Waals surface area (Å²) in [6, 6.07) is 38.4. The van der Waals surface area contributed by atoms with E-state index < -0.39 is 5.24 Å². The Labute approximate surface area is 637 Å². The van der Waals surface area contributed by atoms with Crippen LogP contribution in [0.5, 0.6) is 0 Å². The van der Waals surface area contributed by atoms with Gasteiger partial charge in [0.1, 0.15) is 12.5 Å². The van der Waals surface area contributed by atoms with Crippen LogP contribution in [0.4, 0.5) is 45.5 Å². The standard InChI is InChI=1S/C24H32N2O2.C14H20INO.C10H12ClNO2.C10H11NO2.C10H13NO.C8H11NO.C2H2Cl2O.3CH4/c1-16-7-8-21-19(11-16)15-28-10-9-26(21)20-12-17(2)23(18(3)13-20)25-22(27)14-24(4,5)6;1-9-6-11(15)7-10(2)13(9)16-12(17)8-14(3,4)5;1-7-2-3-9(8(4-7)6-13)12-10(14)5-11;1-7-2-3-9-8(4-7)5-13-6-10(12)11-9;1-8-2-3-10-9(6-8)7-12-5-4-11-10;1-6-2-3-8(9)7(4-6)5-10;3-1-2(4)5;;;/h7-8,11-13H,9-10,14-15H2,1-6H3,(H,25,27);6-7H,8H2,1-5H3,(H,16,17);2-4,13H,5-6H2,1H3,(H,12,14);2-4H,5-6H2,1H3,(H,11,12);2-3,6,11H,4-5,7H2,1H3;2-4,10H,5,9H2,1H3;1H2;3*1H4. The molecule has 17 nitrogen and oxygen atoms in total. The highest BCUT2D eigenvalue weighted by molar-refractivity contribution is 14.1. The SMILES string of the molecule is C.C.C.Cc1cc(I)cc(C)c1NC(=O)CC(C)(C)C.Cc1ccc(N)c(CO)c1.Cc1ccc(NC(=O)CCl)c(CO)c1.Cc1ccc2c(c1)COCC(=O)N2.Cc1ccc2c(c1)COCCN2.Cc1ccc2c(c1)COCCN2c1cc(C)c(NC(=O)CC(C)(C)C)c(C)c1.O=C(Cl)CCl. The predicted octanol–water partition coefficient (Wildman–Crippen LogP) is 19.0. The lowest BCUT2D eigenvalue weighted by Crippen LogP contribution is -2.22. The Balaban J connectivity index is 0.000000620. The van der Waals surface area contributed by atoms with Gasteiger partial charge in [0.05, 0.1) is 52.1 Å². The number of alkyl halides is 2. The number of amides is 4. The minimum absolute atomic E-state index is 0. The van der Waals surface area contributed by atoms with Crippen LogP contribution >= 0.6 is 57.4 Å². The van der Waals surface area contributed by atoms with Gasteiger partial charge in [-0.1, -0.05) is 152 Å². The maximum atomic E-state index is 12.4. The number of nitrogen functional groups attached to an aromatic ring is 1. The van der Waals surface area contributed by atoms with Crippen molar-refractivity contribution in [3.05, 3.63) is 197 Å². The average Bonchev–Trinajstić information content (AvgIpc) is 1.31. The van der Waals surface area contributed by atoms with Gasteiger partial charge >= 0.3 is 0 Å². The molecule has 0 fully saturated rings. The normalized spacial score (nSPS) is 12.5. The molecule has 7 aromatic rings. The molecule has 21 heteroatoms. The quantitative estimate of drug-likeness (QED) is 0.0275. The van der Waals surface area contributed by atoms with Crippen molar-refractivity contribution in [1.29, 1.82) is 0 Å². The molecule has 0 radical (unpaired) electrons. The minimum Gasteiger partial charge on any atom is -0.398 e. The number of benzene rings is 7. The van der Waals surface area contributed by atoms with Crippen molar-refractivity contribution in [2.75, 3.05) is 81.9 Å². The smallest absolute Gasteiger partial charge is 0.250 e. The molecule has 560 valence electrons. The Hall–Kier alpha value is -7.11. The van der Waals surface area contributed by atoms with Crippen molar-refractivity contribution in [2.45, 2.75) is 172 Å². The summed E-state index contributed by atoms with van der Waals surface area (Å²) in [6.07, 6.45) is 1.04. The van der Waals surface area contributed by atoms with E-state index in [-0.39, 0.29) is 88.3 Å². The summed E-state index contributed by atoms with van der Waals surface area (Å²) in [5, 5.41) is 32.2. The molecule has 0 aliphatic carbocycles. The van der Waals surface area contributed by atoms with E-state index in [2.05, 4.69) is 184 Å².